The second kappa shape index (κ2) is 17.8. The normalized spacial score (nSPS) is 10.8. The summed E-state index contributed by atoms with van der Waals surface area (Å²) in [6.45, 7) is 6.67. The third-order valence-electron chi connectivity index (χ3n) is 5.80. The fourth-order valence-corrected chi connectivity index (χ4v) is 3.59. The highest BCUT2D eigenvalue weighted by Gasteiger charge is 2.10. The van der Waals surface area contributed by atoms with Gasteiger partial charge in [-0.2, -0.15) is 0 Å². The van der Waals surface area contributed by atoms with Crippen molar-refractivity contribution in [3.63, 3.8) is 0 Å². The second-order valence-corrected chi connectivity index (χ2v) is 8.64. The van der Waals surface area contributed by atoms with Crippen molar-refractivity contribution in [1.82, 2.24) is 0 Å². The van der Waals surface area contributed by atoms with E-state index in [2.05, 4.69) is 6.92 Å². The molecular weight excluding hydrogens is 388 g/mol. The summed E-state index contributed by atoms with van der Waals surface area (Å²) in [7, 11) is 0. The van der Waals surface area contributed by atoms with Crippen LogP contribution in [0.1, 0.15) is 114 Å². The molecule has 1 aromatic rings. The van der Waals surface area contributed by atoms with Gasteiger partial charge in [-0.3, -0.25) is 9.59 Å². The number of unbranched alkanes of at least 4 members (excludes halogenated alkanes) is 11. The topological polar surface area (TPSA) is 52.6 Å². The molecule has 1 rings (SSSR count). The summed E-state index contributed by atoms with van der Waals surface area (Å²) in [4.78, 5) is 23.8. The molecule has 0 aliphatic heterocycles. The summed E-state index contributed by atoms with van der Waals surface area (Å²) in [5.41, 5.74) is 2.06. The van der Waals surface area contributed by atoms with E-state index < -0.39 is 0 Å². The smallest absolute Gasteiger partial charge is 0.311 e. The molecule has 0 bridgehead atoms. The molecule has 0 aliphatic rings. The van der Waals surface area contributed by atoms with E-state index in [4.69, 9.17) is 9.47 Å². The van der Waals surface area contributed by atoms with Gasteiger partial charge >= 0.3 is 11.9 Å². The Morgan fingerprint density at radius 2 is 1.26 bits per heavy atom. The van der Waals surface area contributed by atoms with E-state index in [9.17, 15) is 9.59 Å². The summed E-state index contributed by atoms with van der Waals surface area (Å²) >= 11 is 0. The van der Waals surface area contributed by atoms with Gasteiger partial charge in [-0.1, -0.05) is 89.7 Å². The van der Waals surface area contributed by atoms with Crippen molar-refractivity contribution in [2.75, 3.05) is 6.61 Å². The Morgan fingerprint density at radius 1 is 0.710 bits per heavy atom. The lowest BCUT2D eigenvalue weighted by atomic mass is 10.1. The molecule has 0 unspecified atom stereocenters. The van der Waals surface area contributed by atoms with Crippen LogP contribution in [0.25, 0.3) is 0 Å². The SMILES string of the molecule is CCCCCCCCCCCCCCOC(=O)CCCC(=O)Oc1cccc(C)c1C. The number of aryl methyl sites for hydroxylation is 1. The highest BCUT2D eigenvalue weighted by molar-refractivity contribution is 5.74. The van der Waals surface area contributed by atoms with Crippen molar-refractivity contribution in [3.05, 3.63) is 29.3 Å². The fraction of sp³-hybridized carbons (Fsp3) is 0.704. The van der Waals surface area contributed by atoms with E-state index in [-0.39, 0.29) is 24.8 Å². The van der Waals surface area contributed by atoms with E-state index in [1.54, 1.807) is 6.07 Å². The minimum absolute atomic E-state index is 0.220. The number of esters is 2. The molecule has 0 saturated carbocycles. The minimum Gasteiger partial charge on any atom is -0.466 e. The van der Waals surface area contributed by atoms with Crippen LogP contribution in [0.2, 0.25) is 0 Å². The van der Waals surface area contributed by atoms with Crippen LogP contribution in [0, 0.1) is 13.8 Å². The lowest BCUT2D eigenvalue weighted by Crippen LogP contribution is -2.11. The predicted molar refractivity (Wildman–Crippen MR) is 127 cm³/mol. The third kappa shape index (κ3) is 14.0. The molecule has 0 aromatic heterocycles. The van der Waals surface area contributed by atoms with Gasteiger partial charge in [-0.15, -0.1) is 0 Å². The van der Waals surface area contributed by atoms with Gasteiger partial charge in [0.1, 0.15) is 5.75 Å². The highest BCUT2D eigenvalue weighted by atomic mass is 16.5. The number of hydrogen-bond donors (Lipinski definition) is 0. The molecule has 0 atom stereocenters. The number of rotatable bonds is 18. The molecule has 1 aromatic carbocycles. The van der Waals surface area contributed by atoms with Gasteiger partial charge in [0.2, 0.25) is 0 Å². The van der Waals surface area contributed by atoms with Gasteiger partial charge in [0, 0.05) is 12.8 Å². The van der Waals surface area contributed by atoms with Crippen molar-refractivity contribution in [1.29, 1.82) is 0 Å². The van der Waals surface area contributed by atoms with Crippen molar-refractivity contribution >= 4 is 11.9 Å². The molecule has 0 saturated heterocycles. The first-order valence-corrected chi connectivity index (χ1v) is 12.5. The maximum absolute atomic E-state index is 12.0. The van der Waals surface area contributed by atoms with Crippen LogP contribution in [0.15, 0.2) is 18.2 Å². The molecule has 31 heavy (non-hydrogen) atoms. The van der Waals surface area contributed by atoms with Gasteiger partial charge < -0.3 is 9.47 Å². The first-order chi connectivity index (χ1) is 15.0. The van der Waals surface area contributed by atoms with Crippen LogP contribution >= 0.6 is 0 Å². The van der Waals surface area contributed by atoms with E-state index >= 15 is 0 Å². The Hall–Kier alpha value is -1.84. The highest BCUT2D eigenvalue weighted by Crippen LogP contribution is 2.21. The van der Waals surface area contributed by atoms with E-state index in [1.165, 1.54) is 64.2 Å². The quantitative estimate of drug-likeness (QED) is 0.136. The molecule has 4 nitrogen and oxygen atoms in total. The number of carbonyl (C=O) groups is 2. The van der Waals surface area contributed by atoms with E-state index in [1.807, 2.05) is 26.0 Å². The molecule has 4 heteroatoms. The first-order valence-electron chi connectivity index (χ1n) is 12.5. The Morgan fingerprint density at radius 3 is 1.87 bits per heavy atom. The van der Waals surface area contributed by atoms with E-state index in [0.717, 1.165) is 24.0 Å². The molecule has 0 fully saturated rings. The van der Waals surface area contributed by atoms with Crippen molar-refractivity contribution in [2.45, 2.75) is 117 Å². The summed E-state index contributed by atoms with van der Waals surface area (Å²) in [5, 5.41) is 0. The first kappa shape index (κ1) is 27.2. The Balaban J connectivity index is 1.92. The monoisotopic (exact) mass is 432 g/mol. The lowest BCUT2D eigenvalue weighted by Gasteiger charge is -2.09. The molecule has 176 valence electrons. The largest absolute Gasteiger partial charge is 0.466 e. The van der Waals surface area contributed by atoms with Crippen LogP contribution in [-0.4, -0.2) is 18.5 Å². The van der Waals surface area contributed by atoms with Crippen LogP contribution in [-0.2, 0) is 14.3 Å². The van der Waals surface area contributed by atoms with Crippen molar-refractivity contribution in [2.24, 2.45) is 0 Å². The maximum Gasteiger partial charge on any atom is 0.311 e. The van der Waals surface area contributed by atoms with Gasteiger partial charge in [-0.05, 0) is 43.9 Å². The number of ether oxygens (including phenoxy) is 2. The van der Waals surface area contributed by atoms with Gasteiger partial charge in [0.15, 0.2) is 0 Å². The molecule has 0 N–H and O–H groups in total. The fourth-order valence-electron chi connectivity index (χ4n) is 3.59. The van der Waals surface area contributed by atoms with Gasteiger partial charge in [0.25, 0.3) is 0 Å². The molecule has 0 spiro atoms. The summed E-state index contributed by atoms with van der Waals surface area (Å²) < 4.78 is 10.7. The maximum atomic E-state index is 12.0. The van der Waals surface area contributed by atoms with E-state index in [0.29, 0.717) is 18.8 Å². The van der Waals surface area contributed by atoms with Gasteiger partial charge in [0.05, 0.1) is 6.61 Å². The molecule has 0 aliphatic carbocycles. The van der Waals surface area contributed by atoms with Crippen LogP contribution in [0.4, 0.5) is 0 Å². The lowest BCUT2D eigenvalue weighted by molar-refractivity contribution is -0.144. The third-order valence-corrected chi connectivity index (χ3v) is 5.80. The summed E-state index contributed by atoms with van der Waals surface area (Å²) in [6.07, 6.45) is 16.4. The summed E-state index contributed by atoms with van der Waals surface area (Å²) in [5.74, 6) is 0.0737. The van der Waals surface area contributed by atoms with Crippen LogP contribution < -0.4 is 4.74 Å². The Bertz CT molecular complexity index is 624. The number of hydrogen-bond acceptors (Lipinski definition) is 4. The zero-order valence-corrected chi connectivity index (χ0v) is 20.2. The zero-order chi connectivity index (χ0) is 22.7. The van der Waals surface area contributed by atoms with Crippen LogP contribution in [0.5, 0.6) is 5.75 Å². The molecule has 0 amide bonds. The Kier molecular flexibility index (Phi) is 15.6. The second-order valence-electron chi connectivity index (χ2n) is 8.64. The van der Waals surface area contributed by atoms with Crippen LogP contribution in [0.3, 0.4) is 0 Å². The minimum atomic E-state index is -0.303. The number of benzene rings is 1. The average molecular weight is 433 g/mol. The van der Waals surface area contributed by atoms with Crippen molar-refractivity contribution in [3.8, 4) is 5.75 Å². The van der Waals surface area contributed by atoms with Crippen molar-refractivity contribution < 1.29 is 19.1 Å². The molecule has 0 radical (unpaired) electrons. The molecule has 0 heterocycles. The van der Waals surface area contributed by atoms with Gasteiger partial charge in [-0.25, -0.2) is 0 Å². The average Bonchev–Trinajstić information content (AvgIpc) is 2.74. The molecular formula is C27H44O4. The summed E-state index contributed by atoms with van der Waals surface area (Å²) in [6, 6.07) is 5.65. The predicted octanol–water partition coefficient (Wildman–Crippen LogP) is 7.62. The zero-order valence-electron chi connectivity index (χ0n) is 20.2. The Labute approximate surface area is 190 Å². The number of carbonyl (C=O) groups excluding carboxylic acids is 2. The standard InChI is InChI=1S/C27H44O4/c1-4-5-6-7-8-9-10-11-12-13-14-15-22-30-26(28)20-17-21-27(29)31-25-19-16-18-23(2)24(25)3/h16,18-19H,4-15,17,20-22H2,1-3H3.